The van der Waals surface area contributed by atoms with Crippen molar-refractivity contribution in [1.82, 2.24) is 19.7 Å². The molecule has 0 spiro atoms. The molecule has 0 unspecified atom stereocenters. The zero-order valence-electron chi connectivity index (χ0n) is 20.3. The van der Waals surface area contributed by atoms with Crippen LogP contribution in [-0.2, 0) is 30.7 Å². The lowest BCUT2D eigenvalue weighted by Gasteiger charge is -2.16. The number of nitrogens with zero attached hydrogens (tertiary/aromatic N) is 4. The quantitative estimate of drug-likeness (QED) is 0.286. The molecule has 0 amide bonds. The van der Waals surface area contributed by atoms with Crippen LogP contribution in [0.5, 0.6) is 0 Å². The molecular weight excluding hydrogens is 464 g/mol. The Balaban J connectivity index is 1.26. The molecule has 5 aromatic rings. The molecular formula is C30H26N4O3. The van der Waals surface area contributed by atoms with Gasteiger partial charge in [0.25, 0.3) is 0 Å². The summed E-state index contributed by atoms with van der Waals surface area (Å²) in [5.74, 6) is -0.949. The second-order valence-corrected chi connectivity index (χ2v) is 9.24. The average molecular weight is 491 g/mol. The minimum absolute atomic E-state index is 0.273. The Labute approximate surface area is 214 Å². The molecule has 6 rings (SSSR count). The third-order valence-corrected chi connectivity index (χ3v) is 6.80. The minimum Gasteiger partial charge on any atom is -0.477 e. The van der Waals surface area contributed by atoms with Gasteiger partial charge in [-0.2, -0.15) is 5.10 Å². The lowest BCUT2D eigenvalue weighted by atomic mass is 9.89. The number of carbonyl (C=O) groups is 1. The average Bonchev–Trinajstić information content (AvgIpc) is 3.32. The second kappa shape index (κ2) is 9.95. The van der Waals surface area contributed by atoms with Gasteiger partial charge in [-0.3, -0.25) is 14.6 Å². The van der Waals surface area contributed by atoms with Crippen molar-refractivity contribution in [2.45, 2.75) is 32.4 Å². The molecule has 0 aliphatic heterocycles. The van der Waals surface area contributed by atoms with Crippen molar-refractivity contribution in [2.75, 3.05) is 6.61 Å². The minimum atomic E-state index is -0.949. The fourth-order valence-corrected chi connectivity index (χ4v) is 4.97. The van der Waals surface area contributed by atoms with Crippen LogP contribution in [0.15, 0.2) is 79.1 Å². The van der Waals surface area contributed by atoms with Crippen molar-refractivity contribution in [3.05, 3.63) is 102 Å². The topological polar surface area (TPSA) is 90.1 Å². The lowest BCUT2D eigenvalue weighted by Crippen LogP contribution is -2.14. The first-order chi connectivity index (χ1) is 18.2. The van der Waals surface area contributed by atoms with Crippen LogP contribution >= 0.6 is 0 Å². The van der Waals surface area contributed by atoms with Crippen molar-refractivity contribution in [1.29, 1.82) is 0 Å². The van der Waals surface area contributed by atoms with Gasteiger partial charge in [-0.15, -0.1) is 0 Å². The smallest absolute Gasteiger partial charge is 0.354 e. The van der Waals surface area contributed by atoms with Crippen LogP contribution in [0.2, 0.25) is 0 Å². The van der Waals surface area contributed by atoms with Crippen LogP contribution in [-0.4, -0.2) is 37.4 Å². The van der Waals surface area contributed by atoms with Gasteiger partial charge in [0.2, 0.25) is 0 Å². The summed E-state index contributed by atoms with van der Waals surface area (Å²) < 4.78 is 7.42. The third-order valence-electron chi connectivity index (χ3n) is 6.80. The standard InChI is InChI=1S/C30H26N4O3/c35-30(36)29-24-12-11-22-17-32-27(23-15-21-9-4-5-10-26(21)31-18-23)16-25(22)28(24)33-34(29)13-6-14-37-19-20-7-2-1-3-8-20/h1-5,7-10,15-18H,6,11-14,19H2,(H,35,36). The molecule has 0 radical (unpaired) electrons. The molecule has 1 aliphatic rings. The van der Waals surface area contributed by atoms with Crippen molar-refractivity contribution in [3.63, 3.8) is 0 Å². The van der Waals surface area contributed by atoms with Crippen molar-refractivity contribution in [3.8, 4) is 22.5 Å². The van der Waals surface area contributed by atoms with Crippen LogP contribution in [0.3, 0.4) is 0 Å². The number of hydrogen-bond acceptors (Lipinski definition) is 5. The summed E-state index contributed by atoms with van der Waals surface area (Å²) in [4.78, 5) is 21.5. The SMILES string of the molecule is O=C(O)c1c2c(nn1CCCOCc1ccccc1)-c1cc(-c3cnc4ccccc4c3)ncc1CC2. The zero-order chi connectivity index (χ0) is 25.2. The number of pyridine rings is 2. The molecule has 0 fully saturated rings. The highest BCUT2D eigenvalue weighted by Gasteiger charge is 2.28. The molecule has 0 saturated heterocycles. The summed E-state index contributed by atoms with van der Waals surface area (Å²) in [7, 11) is 0. The normalized spacial score (nSPS) is 12.3. The Morgan fingerprint density at radius 1 is 0.973 bits per heavy atom. The maximum Gasteiger partial charge on any atom is 0.354 e. The summed E-state index contributed by atoms with van der Waals surface area (Å²) in [6.07, 6.45) is 5.76. The van der Waals surface area contributed by atoms with Crippen LogP contribution < -0.4 is 0 Å². The molecule has 3 heterocycles. The van der Waals surface area contributed by atoms with E-state index in [4.69, 9.17) is 14.8 Å². The molecule has 1 aliphatic carbocycles. The Hall–Kier alpha value is -4.36. The molecule has 3 aromatic heterocycles. The number of rotatable bonds is 8. The van der Waals surface area contributed by atoms with Gasteiger partial charge in [0, 0.05) is 47.6 Å². The van der Waals surface area contributed by atoms with Gasteiger partial charge in [-0.25, -0.2) is 4.79 Å². The predicted molar refractivity (Wildman–Crippen MR) is 141 cm³/mol. The van der Waals surface area contributed by atoms with E-state index in [0.29, 0.717) is 32.6 Å². The Morgan fingerprint density at radius 3 is 2.68 bits per heavy atom. The molecule has 184 valence electrons. The van der Waals surface area contributed by atoms with Gasteiger partial charge in [0.1, 0.15) is 5.69 Å². The van der Waals surface area contributed by atoms with Crippen molar-refractivity contribution >= 4 is 16.9 Å². The number of carboxylic acids is 1. The van der Waals surface area contributed by atoms with E-state index in [2.05, 4.69) is 11.1 Å². The predicted octanol–water partition coefficient (Wildman–Crippen LogP) is 5.56. The Morgan fingerprint density at radius 2 is 1.81 bits per heavy atom. The van der Waals surface area contributed by atoms with Crippen LogP contribution in [0, 0.1) is 0 Å². The molecule has 37 heavy (non-hydrogen) atoms. The van der Waals surface area contributed by atoms with Crippen LogP contribution in [0.4, 0.5) is 0 Å². The fourth-order valence-electron chi connectivity index (χ4n) is 4.97. The number of ether oxygens (including phenoxy) is 1. The van der Waals surface area contributed by atoms with E-state index in [9.17, 15) is 9.90 Å². The molecule has 7 heteroatoms. The van der Waals surface area contributed by atoms with Gasteiger partial charge in [-0.05, 0) is 48.6 Å². The maximum absolute atomic E-state index is 12.2. The molecule has 2 aromatic carbocycles. The highest BCUT2D eigenvalue weighted by atomic mass is 16.5. The highest BCUT2D eigenvalue weighted by Crippen LogP contribution is 2.36. The third kappa shape index (κ3) is 4.61. The van der Waals surface area contributed by atoms with E-state index in [1.54, 1.807) is 4.68 Å². The van der Waals surface area contributed by atoms with E-state index in [1.807, 2.05) is 73.1 Å². The largest absolute Gasteiger partial charge is 0.477 e. The second-order valence-electron chi connectivity index (χ2n) is 9.24. The molecule has 7 nitrogen and oxygen atoms in total. The summed E-state index contributed by atoms with van der Waals surface area (Å²) >= 11 is 0. The van der Waals surface area contributed by atoms with Crippen LogP contribution in [0.25, 0.3) is 33.4 Å². The zero-order valence-corrected chi connectivity index (χ0v) is 20.3. The number of hydrogen-bond donors (Lipinski definition) is 1. The number of aromatic nitrogens is 4. The number of fused-ring (bicyclic) bond motifs is 4. The van der Waals surface area contributed by atoms with Crippen molar-refractivity contribution < 1.29 is 14.6 Å². The summed E-state index contributed by atoms with van der Waals surface area (Å²) in [5, 5.41) is 15.9. The lowest BCUT2D eigenvalue weighted by molar-refractivity contribution is 0.0679. The van der Waals surface area contributed by atoms with E-state index in [0.717, 1.165) is 56.5 Å². The number of aryl methyl sites for hydroxylation is 2. The van der Waals surface area contributed by atoms with Gasteiger partial charge in [0.15, 0.2) is 0 Å². The van der Waals surface area contributed by atoms with Gasteiger partial charge in [-0.1, -0.05) is 48.5 Å². The number of carboxylic acid groups (broad SMARTS) is 1. The van der Waals surface area contributed by atoms with Crippen molar-refractivity contribution in [2.24, 2.45) is 0 Å². The maximum atomic E-state index is 12.2. The first-order valence-electron chi connectivity index (χ1n) is 12.5. The molecule has 0 bridgehead atoms. The Bertz CT molecular complexity index is 1590. The summed E-state index contributed by atoms with van der Waals surface area (Å²) in [6, 6.07) is 22.1. The van der Waals surface area contributed by atoms with E-state index < -0.39 is 5.97 Å². The van der Waals surface area contributed by atoms with Crippen LogP contribution in [0.1, 0.15) is 33.6 Å². The summed E-state index contributed by atoms with van der Waals surface area (Å²) in [5.41, 5.74) is 7.59. The molecule has 1 N–H and O–H groups in total. The number of benzene rings is 2. The molecule has 0 saturated carbocycles. The Kier molecular flexibility index (Phi) is 6.20. The first-order valence-corrected chi connectivity index (χ1v) is 12.5. The number of aromatic carboxylic acids is 1. The van der Waals surface area contributed by atoms with Gasteiger partial charge >= 0.3 is 5.97 Å². The summed E-state index contributed by atoms with van der Waals surface area (Å²) in [6.45, 7) is 1.54. The fraction of sp³-hybridized carbons (Fsp3) is 0.200. The molecule has 0 atom stereocenters. The van der Waals surface area contributed by atoms with E-state index >= 15 is 0 Å². The van der Waals surface area contributed by atoms with Gasteiger partial charge in [0.05, 0.1) is 23.5 Å². The first kappa shape index (κ1) is 23.1. The number of para-hydroxylation sites is 1. The monoisotopic (exact) mass is 490 g/mol. The van der Waals surface area contributed by atoms with E-state index in [-0.39, 0.29) is 5.69 Å². The van der Waals surface area contributed by atoms with Gasteiger partial charge < -0.3 is 9.84 Å². The van der Waals surface area contributed by atoms with E-state index in [1.165, 1.54) is 0 Å². The highest BCUT2D eigenvalue weighted by molar-refractivity contribution is 5.91.